The van der Waals surface area contributed by atoms with Crippen molar-refractivity contribution in [3.05, 3.63) is 75.6 Å². The first kappa shape index (κ1) is 26.0. The zero-order valence-corrected chi connectivity index (χ0v) is 21.4. The maximum Gasteiger partial charge on any atom is 0.341 e. The quantitative estimate of drug-likeness (QED) is 0.199. The number of nitrogens with one attached hydrogen (secondary N) is 1. The second-order valence-electron chi connectivity index (χ2n) is 7.47. The van der Waals surface area contributed by atoms with Gasteiger partial charge in [0.05, 0.1) is 6.61 Å². The van der Waals surface area contributed by atoms with Crippen LogP contribution >= 0.6 is 22.9 Å². The number of carbonyl (C=O) groups excluding carboxylic acids is 2. The van der Waals surface area contributed by atoms with E-state index in [1.165, 1.54) is 17.4 Å². The first-order valence-corrected chi connectivity index (χ1v) is 12.5. The Balaban J connectivity index is 1.89. The molecule has 0 saturated carbocycles. The number of amides is 1. The second kappa shape index (κ2) is 12.2. The summed E-state index contributed by atoms with van der Waals surface area (Å²) < 4.78 is 5.23. The van der Waals surface area contributed by atoms with E-state index in [4.69, 9.17) is 16.3 Å². The molecule has 0 atom stereocenters. The van der Waals surface area contributed by atoms with Gasteiger partial charge in [0, 0.05) is 34.7 Å². The van der Waals surface area contributed by atoms with E-state index in [-0.39, 0.29) is 17.7 Å². The van der Waals surface area contributed by atoms with Gasteiger partial charge in [-0.1, -0.05) is 35.9 Å². The molecule has 1 N–H and O–H groups in total. The Hall–Kier alpha value is -3.60. The van der Waals surface area contributed by atoms with E-state index < -0.39 is 11.9 Å². The third-order valence-electron chi connectivity index (χ3n) is 5.35. The van der Waals surface area contributed by atoms with Crippen molar-refractivity contribution in [2.24, 2.45) is 0 Å². The van der Waals surface area contributed by atoms with Crippen molar-refractivity contribution in [3.63, 3.8) is 0 Å². The molecular formula is C27H26ClN3O3S. The average Bonchev–Trinajstić information content (AvgIpc) is 3.28. The van der Waals surface area contributed by atoms with Crippen LogP contribution in [0, 0.1) is 11.3 Å². The summed E-state index contributed by atoms with van der Waals surface area (Å²) in [4.78, 5) is 27.9. The van der Waals surface area contributed by atoms with Gasteiger partial charge in [-0.3, -0.25) is 4.79 Å². The summed E-state index contributed by atoms with van der Waals surface area (Å²) in [6.45, 7) is 7.85. The van der Waals surface area contributed by atoms with Crippen molar-refractivity contribution in [1.82, 2.24) is 0 Å². The van der Waals surface area contributed by atoms with Gasteiger partial charge in [0.25, 0.3) is 5.91 Å². The summed E-state index contributed by atoms with van der Waals surface area (Å²) in [7, 11) is 0. The lowest BCUT2D eigenvalue weighted by atomic mass is 10.0. The Morgan fingerprint density at radius 2 is 1.74 bits per heavy atom. The fourth-order valence-corrected chi connectivity index (χ4v) is 4.63. The van der Waals surface area contributed by atoms with Crippen molar-refractivity contribution >= 4 is 51.6 Å². The van der Waals surface area contributed by atoms with Crippen LogP contribution in [0.2, 0.25) is 5.02 Å². The van der Waals surface area contributed by atoms with Crippen LogP contribution in [-0.2, 0) is 9.53 Å². The molecule has 0 spiro atoms. The number of hydrogen-bond acceptors (Lipinski definition) is 6. The van der Waals surface area contributed by atoms with Gasteiger partial charge in [-0.2, -0.15) is 5.26 Å². The van der Waals surface area contributed by atoms with E-state index in [2.05, 4.69) is 24.1 Å². The molecule has 3 rings (SSSR count). The summed E-state index contributed by atoms with van der Waals surface area (Å²) in [5.41, 5.74) is 3.35. The number of benzene rings is 2. The average molecular weight is 508 g/mol. The van der Waals surface area contributed by atoms with E-state index in [0.29, 0.717) is 15.6 Å². The van der Waals surface area contributed by atoms with E-state index in [1.54, 1.807) is 36.6 Å². The van der Waals surface area contributed by atoms with Crippen LogP contribution in [0.3, 0.4) is 0 Å². The standard InChI is InChI=1S/C27H26ClN3O3S/c1-4-31(5-2)22-13-7-18(8-14-22)15-20(16-29)25(32)30-26-24(27(33)34-6-3)23(17-35-26)19-9-11-21(28)12-10-19/h7-15,17H,4-6H2,1-3H3,(H,30,32)/b20-15-. The molecule has 0 saturated heterocycles. The smallest absolute Gasteiger partial charge is 0.341 e. The Bertz CT molecular complexity index is 1250. The Morgan fingerprint density at radius 3 is 2.31 bits per heavy atom. The van der Waals surface area contributed by atoms with Gasteiger partial charge in [0.1, 0.15) is 22.2 Å². The highest BCUT2D eigenvalue weighted by molar-refractivity contribution is 7.15. The third kappa shape index (κ3) is 6.30. The fourth-order valence-electron chi connectivity index (χ4n) is 3.55. The number of rotatable bonds is 9. The minimum absolute atomic E-state index is 0.0724. The van der Waals surface area contributed by atoms with Gasteiger partial charge in [0.2, 0.25) is 0 Å². The maximum absolute atomic E-state index is 13.0. The SMILES string of the molecule is CCOC(=O)c1c(-c2ccc(Cl)cc2)csc1NC(=O)/C(C#N)=C\c1ccc(N(CC)CC)cc1. The third-order valence-corrected chi connectivity index (χ3v) is 6.50. The summed E-state index contributed by atoms with van der Waals surface area (Å²) in [6.07, 6.45) is 1.53. The number of ether oxygens (including phenoxy) is 1. The van der Waals surface area contributed by atoms with E-state index >= 15 is 0 Å². The molecule has 0 bridgehead atoms. The molecule has 2 aromatic carbocycles. The number of hydrogen-bond donors (Lipinski definition) is 1. The summed E-state index contributed by atoms with van der Waals surface area (Å²) in [5, 5.41) is 15.0. The van der Waals surface area contributed by atoms with Crippen LogP contribution in [0.15, 0.2) is 59.5 Å². The lowest BCUT2D eigenvalue weighted by Crippen LogP contribution is -2.21. The van der Waals surface area contributed by atoms with E-state index in [0.717, 1.165) is 29.9 Å². The van der Waals surface area contributed by atoms with Gasteiger partial charge in [0.15, 0.2) is 0 Å². The van der Waals surface area contributed by atoms with Gasteiger partial charge >= 0.3 is 5.97 Å². The van der Waals surface area contributed by atoms with Crippen molar-refractivity contribution < 1.29 is 14.3 Å². The normalized spacial score (nSPS) is 11.0. The number of nitriles is 1. The molecule has 0 aliphatic heterocycles. The molecule has 0 fully saturated rings. The Kier molecular flexibility index (Phi) is 9.07. The molecule has 0 radical (unpaired) electrons. The topological polar surface area (TPSA) is 82.4 Å². The lowest BCUT2D eigenvalue weighted by Gasteiger charge is -2.20. The number of anilines is 2. The highest BCUT2D eigenvalue weighted by atomic mass is 35.5. The van der Waals surface area contributed by atoms with Crippen molar-refractivity contribution in [3.8, 4) is 17.2 Å². The molecule has 1 heterocycles. The van der Waals surface area contributed by atoms with Crippen LogP contribution in [-0.4, -0.2) is 31.6 Å². The van der Waals surface area contributed by atoms with E-state index in [9.17, 15) is 14.9 Å². The van der Waals surface area contributed by atoms with Crippen LogP contribution in [0.1, 0.15) is 36.7 Å². The number of carbonyl (C=O) groups is 2. The van der Waals surface area contributed by atoms with Crippen LogP contribution in [0.25, 0.3) is 17.2 Å². The van der Waals surface area contributed by atoms with Crippen molar-refractivity contribution in [1.29, 1.82) is 5.26 Å². The zero-order chi connectivity index (χ0) is 25.4. The monoisotopic (exact) mass is 507 g/mol. The van der Waals surface area contributed by atoms with Gasteiger partial charge in [-0.05, 0) is 62.2 Å². The summed E-state index contributed by atoms with van der Waals surface area (Å²) in [6, 6.07) is 16.7. The molecule has 8 heteroatoms. The predicted octanol–water partition coefficient (Wildman–Crippen LogP) is 6.64. The molecule has 1 aromatic heterocycles. The van der Waals surface area contributed by atoms with E-state index in [1.807, 2.05) is 30.3 Å². The number of esters is 1. The highest BCUT2D eigenvalue weighted by Crippen LogP contribution is 2.37. The summed E-state index contributed by atoms with van der Waals surface area (Å²) in [5.74, 6) is -1.15. The Labute approximate surface area is 214 Å². The van der Waals surface area contributed by atoms with Crippen LogP contribution < -0.4 is 10.2 Å². The maximum atomic E-state index is 13.0. The predicted molar refractivity (Wildman–Crippen MR) is 143 cm³/mol. The summed E-state index contributed by atoms with van der Waals surface area (Å²) >= 11 is 7.19. The largest absolute Gasteiger partial charge is 0.462 e. The molecule has 0 aliphatic carbocycles. The number of nitrogens with zero attached hydrogens (tertiary/aromatic N) is 2. The fraction of sp³-hybridized carbons (Fsp3) is 0.222. The minimum Gasteiger partial charge on any atom is -0.462 e. The number of halogens is 1. The number of thiophene rings is 1. The van der Waals surface area contributed by atoms with Crippen molar-refractivity contribution in [2.45, 2.75) is 20.8 Å². The zero-order valence-electron chi connectivity index (χ0n) is 19.8. The van der Waals surface area contributed by atoms with Crippen LogP contribution in [0.4, 0.5) is 10.7 Å². The van der Waals surface area contributed by atoms with Crippen molar-refractivity contribution in [2.75, 3.05) is 29.9 Å². The first-order valence-electron chi connectivity index (χ1n) is 11.2. The van der Waals surface area contributed by atoms with Gasteiger partial charge in [-0.25, -0.2) is 4.79 Å². The Morgan fingerprint density at radius 1 is 1.09 bits per heavy atom. The molecule has 1 amide bonds. The molecule has 0 aliphatic rings. The molecule has 3 aromatic rings. The lowest BCUT2D eigenvalue weighted by molar-refractivity contribution is -0.112. The molecule has 6 nitrogen and oxygen atoms in total. The molecule has 0 unspecified atom stereocenters. The first-order chi connectivity index (χ1) is 16.9. The highest BCUT2D eigenvalue weighted by Gasteiger charge is 2.23. The van der Waals surface area contributed by atoms with Gasteiger partial charge < -0.3 is 15.0 Å². The minimum atomic E-state index is -0.602. The molecule has 180 valence electrons. The molecule has 35 heavy (non-hydrogen) atoms. The van der Waals surface area contributed by atoms with Crippen LogP contribution in [0.5, 0.6) is 0 Å². The molecular weight excluding hydrogens is 482 g/mol. The van der Waals surface area contributed by atoms with Gasteiger partial charge in [-0.15, -0.1) is 11.3 Å². The second-order valence-corrected chi connectivity index (χ2v) is 8.78.